The van der Waals surface area contributed by atoms with Crippen molar-refractivity contribution in [2.45, 2.75) is 136 Å². The van der Waals surface area contributed by atoms with Crippen LogP contribution in [0.5, 0.6) is 0 Å². The molecule has 0 aromatic rings. The third-order valence-corrected chi connectivity index (χ3v) is 5.67. The van der Waals surface area contributed by atoms with E-state index < -0.39 is 0 Å². The lowest BCUT2D eigenvalue weighted by atomic mass is 10.0. The van der Waals surface area contributed by atoms with E-state index in [1.165, 1.54) is 57.8 Å². The Labute approximate surface area is 186 Å². The van der Waals surface area contributed by atoms with Crippen LogP contribution in [0.15, 0.2) is 0 Å². The van der Waals surface area contributed by atoms with Gasteiger partial charge in [0.2, 0.25) is 0 Å². The largest absolute Gasteiger partial charge is 0.466 e. The van der Waals surface area contributed by atoms with E-state index in [0.29, 0.717) is 19.6 Å². The highest BCUT2D eigenvalue weighted by Crippen LogP contribution is 2.15. The zero-order valence-corrected chi connectivity index (χ0v) is 20.4. The predicted molar refractivity (Wildman–Crippen MR) is 126 cm³/mol. The molecule has 4 nitrogen and oxygen atoms in total. The van der Waals surface area contributed by atoms with Gasteiger partial charge in [0, 0.05) is 6.42 Å². The molecule has 0 aliphatic carbocycles. The Kier molecular flexibility index (Phi) is 21.8. The molecular weight excluding hydrogens is 376 g/mol. The molecule has 0 aromatic heterocycles. The van der Waals surface area contributed by atoms with Crippen LogP contribution in [0, 0.1) is 5.92 Å². The van der Waals surface area contributed by atoms with Crippen molar-refractivity contribution in [2.24, 2.45) is 5.92 Å². The number of esters is 2. The van der Waals surface area contributed by atoms with E-state index in [-0.39, 0.29) is 17.9 Å². The SMILES string of the molecule is CCCCCCOC(=O)CCCCCCCCCCC(C)C(=O)OCCCCCC. The van der Waals surface area contributed by atoms with Crippen LogP contribution in [0.3, 0.4) is 0 Å². The number of unbranched alkanes of at least 4 members (excludes halogenated alkanes) is 13. The zero-order valence-electron chi connectivity index (χ0n) is 20.4. The number of carbonyl (C=O) groups is 2. The third kappa shape index (κ3) is 20.2. The summed E-state index contributed by atoms with van der Waals surface area (Å²) in [5.41, 5.74) is 0. The summed E-state index contributed by atoms with van der Waals surface area (Å²) in [6, 6.07) is 0. The van der Waals surface area contributed by atoms with E-state index in [9.17, 15) is 9.59 Å². The monoisotopic (exact) mass is 426 g/mol. The molecule has 1 atom stereocenters. The Morgan fingerprint density at radius 2 is 1.07 bits per heavy atom. The first-order valence-corrected chi connectivity index (χ1v) is 12.9. The highest BCUT2D eigenvalue weighted by Gasteiger charge is 2.13. The summed E-state index contributed by atoms with van der Waals surface area (Å²) in [6.07, 6.45) is 20.0. The molecule has 0 spiro atoms. The summed E-state index contributed by atoms with van der Waals surface area (Å²) in [4.78, 5) is 23.6. The molecule has 178 valence electrons. The van der Waals surface area contributed by atoms with Crippen LogP contribution in [0.4, 0.5) is 0 Å². The van der Waals surface area contributed by atoms with Gasteiger partial charge < -0.3 is 9.47 Å². The second kappa shape index (κ2) is 22.6. The van der Waals surface area contributed by atoms with Crippen LogP contribution >= 0.6 is 0 Å². The summed E-state index contributed by atoms with van der Waals surface area (Å²) in [5, 5.41) is 0. The van der Waals surface area contributed by atoms with E-state index in [1.807, 2.05) is 6.92 Å². The van der Waals surface area contributed by atoms with Gasteiger partial charge in [-0.05, 0) is 25.7 Å². The summed E-state index contributed by atoms with van der Waals surface area (Å²) in [6.45, 7) is 7.53. The highest BCUT2D eigenvalue weighted by molar-refractivity contribution is 5.71. The minimum atomic E-state index is -0.0277. The van der Waals surface area contributed by atoms with Crippen LogP contribution < -0.4 is 0 Å². The minimum absolute atomic E-state index is 0.0222. The highest BCUT2D eigenvalue weighted by atomic mass is 16.5. The zero-order chi connectivity index (χ0) is 22.3. The maximum atomic E-state index is 11.9. The van der Waals surface area contributed by atoms with Crippen LogP contribution in [0.2, 0.25) is 0 Å². The maximum Gasteiger partial charge on any atom is 0.308 e. The Morgan fingerprint density at radius 3 is 1.63 bits per heavy atom. The molecule has 0 bridgehead atoms. The van der Waals surface area contributed by atoms with Crippen molar-refractivity contribution in [3.63, 3.8) is 0 Å². The Balaban J connectivity index is 3.35. The molecule has 0 amide bonds. The normalized spacial score (nSPS) is 12.0. The average molecular weight is 427 g/mol. The maximum absolute atomic E-state index is 11.9. The van der Waals surface area contributed by atoms with E-state index in [1.54, 1.807) is 0 Å². The predicted octanol–water partition coefficient (Wildman–Crippen LogP) is 7.77. The number of ether oxygens (including phenoxy) is 2. The molecule has 0 rings (SSSR count). The molecule has 0 aliphatic rings. The molecule has 0 aliphatic heterocycles. The van der Waals surface area contributed by atoms with Crippen LogP contribution in [-0.2, 0) is 19.1 Å². The van der Waals surface area contributed by atoms with Gasteiger partial charge >= 0.3 is 11.9 Å². The van der Waals surface area contributed by atoms with Crippen LogP contribution in [0.25, 0.3) is 0 Å². The third-order valence-electron chi connectivity index (χ3n) is 5.67. The molecule has 4 heteroatoms. The van der Waals surface area contributed by atoms with Gasteiger partial charge in [0.25, 0.3) is 0 Å². The standard InChI is InChI=1S/C26H50O4/c1-4-6-8-18-22-29-25(27)21-17-15-13-11-10-12-14-16-20-24(3)26(28)30-23-19-9-7-5-2/h24H,4-23H2,1-3H3. The second-order valence-corrected chi connectivity index (χ2v) is 8.78. The summed E-state index contributed by atoms with van der Waals surface area (Å²) in [5.74, 6) is -0.0198. The van der Waals surface area contributed by atoms with Crippen molar-refractivity contribution in [1.82, 2.24) is 0 Å². The summed E-state index contributed by atoms with van der Waals surface area (Å²) in [7, 11) is 0. The fourth-order valence-corrected chi connectivity index (χ4v) is 3.53. The lowest BCUT2D eigenvalue weighted by Crippen LogP contribution is -2.15. The molecule has 0 saturated carbocycles. The van der Waals surface area contributed by atoms with Crippen molar-refractivity contribution in [3.05, 3.63) is 0 Å². The van der Waals surface area contributed by atoms with Gasteiger partial charge in [0.15, 0.2) is 0 Å². The van der Waals surface area contributed by atoms with Crippen molar-refractivity contribution in [3.8, 4) is 0 Å². The smallest absolute Gasteiger partial charge is 0.308 e. The second-order valence-electron chi connectivity index (χ2n) is 8.78. The molecule has 0 radical (unpaired) electrons. The van der Waals surface area contributed by atoms with Crippen LogP contribution in [-0.4, -0.2) is 25.2 Å². The average Bonchev–Trinajstić information content (AvgIpc) is 2.74. The first-order chi connectivity index (χ1) is 14.6. The van der Waals surface area contributed by atoms with E-state index in [0.717, 1.165) is 51.4 Å². The Bertz CT molecular complexity index is 394. The van der Waals surface area contributed by atoms with Gasteiger partial charge in [-0.2, -0.15) is 0 Å². The van der Waals surface area contributed by atoms with Gasteiger partial charge in [-0.3, -0.25) is 9.59 Å². The Morgan fingerprint density at radius 1 is 0.600 bits per heavy atom. The number of carbonyl (C=O) groups excluding carboxylic acids is 2. The van der Waals surface area contributed by atoms with Crippen molar-refractivity contribution in [1.29, 1.82) is 0 Å². The molecule has 1 unspecified atom stereocenters. The minimum Gasteiger partial charge on any atom is -0.466 e. The van der Waals surface area contributed by atoms with Crippen molar-refractivity contribution >= 4 is 11.9 Å². The number of hydrogen-bond acceptors (Lipinski definition) is 4. The number of hydrogen-bond donors (Lipinski definition) is 0. The molecule has 0 saturated heterocycles. The van der Waals surface area contributed by atoms with Crippen molar-refractivity contribution in [2.75, 3.05) is 13.2 Å². The fraction of sp³-hybridized carbons (Fsp3) is 0.923. The van der Waals surface area contributed by atoms with E-state index in [2.05, 4.69) is 13.8 Å². The molecule has 0 fully saturated rings. The topological polar surface area (TPSA) is 52.6 Å². The van der Waals surface area contributed by atoms with Crippen LogP contribution in [0.1, 0.15) is 136 Å². The van der Waals surface area contributed by atoms with Gasteiger partial charge in [-0.25, -0.2) is 0 Å². The summed E-state index contributed by atoms with van der Waals surface area (Å²) >= 11 is 0. The first-order valence-electron chi connectivity index (χ1n) is 12.9. The van der Waals surface area contributed by atoms with Gasteiger partial charge in [0.1, 0.15) is 0 Å². The van der Waals surface area contributed by atoms with E-state index in [4.69, 9.17) is 9.47 Å². The molecular formula is C26H50O4. The fourth-order valence-electron chi connectivity index (χ4n) is 3.53. The molecule has 0 heterocycles. The molecule has 30 heavy (non-hydrogen) atoms. The Hall–Kier alpha value is -1.06. The van der Waals surface area contributed by atoms with Gasteiger partial charge in [-0.15, -0.1) is 0 Å². The van der Waals surface area contributed by atoms with Gasteiger partial charge in [0.05, 0.1) is 19.1 Å². The number of rotatable bonds is 22. The van der Waals surface area contributed by atoms with Crippen molar-refractivity contribution < 1.29 is 19.1 Å². The first kappa shape index (κ1) is 28.9. The van der Waals surface area contributed by atoms with Gasteiger partial charge in [-0.1, -0.05) is 104 Å². The quantitative estimate of drug-likeness (QED) is 0.131. The molecule has 0 aromatic carbocycles. The lowest BCUT2D eigenvalue weighted by Gasteiger charge is -2.11. The molecule has 0 N–H and O–H groups in total. The lowest BCUT2D eigenvalue weighted by molar-refractivity contribution is -0.148. The summed E-state index contributed by atoms with van der Waals surface area (Å²) < 4.78 is 10.6. The van der Waals surface area contributed by atoms with E-state index >= 15 is 0 Å².